The SMILES string of the molecule is COC(=O)C1=C(C)N(c2ccc(OC)cc2)C(=O)/C1=C\c1cc(C)n(-c2ccccc2C)c1C. The number of esters is 1. The van der Waals surface area contributed by atoms with Gasteiger partial charge in [0.05, 0.1) is 25.4 Å². The molecular weight excluding hydrogens is 428 g/mol. The molecule has 0 spiro atoms. The Morgan fingerprint density at radius 2 is 1.62 bits per heavy atom. The maximum atomic E-state index is 13.6. The van der Waals surface area contributed by atoms with E-state index in [2.05, 4.69) is 23.6 Å². The number of hydrogen-bond acceptors (Lipinski definition) is 4. The van der Waals surface area contributed by atoms with E-state index in [1.165, 1.54) is 12.0 Å². The lowest BCUT2D eigenvalue weighted by atomic mass is 10.0. The highest BCUT2D eigenvalue weighted by Crippen LogP contribution is 2.37. The van der Waals surface area contributed by atoms with Crippen molar-refractivity contribution in [2.24, 2.45) is 0 Å². The Morgan fingerprint density at radius 3 is 2.24 bits per heavy atom. The minimum atomic E-state index is -0.541. The summed E-state index contributed by atoms with van der Waals surface area (Å²) >= 11 is 0. The average molecular weight is 457 g/mol. The van der Waals surface area contributed by atoms with Gasteiger partial charge in [-0.2, -0.15) is 0 Å². The van der Waals surface area contributed by atoms with E-state index < -0.39 is 5.97 Å². The Balaban J connectivity index is 1.84. The Hall–Kier alpha value is -4.06. The van der Waals surface area contributed by atoms with E-state index in [-0.39, 0.29) is 11.5 Å². The molecule has 0 N–H and O–H groups in total. The van der Waals surface area contributed by atoms with Gasteiger partial charge in [-0.25, -0.2) is 4.79 Å². The molecule has 4 rings (SSSR count). The molecule has 1 aliphatic rings. The fourth-order valence-electron chi connectivity index (χ4n) is 4.50. The first-order valence-electron chi connectivity index (χ1n) is 11.0. The van der Waals surface area contributed by atoms with Crippen LogP contribution in [0.15, 0.2) is 71.4 Å². The number of anilines is 1. The highest BCUT2D eigenvalue weighted by atomic mass is 16.5. The van der Waals surface area contributed by atoms with Gasteiger partial charge >= 0.3 is 5.97 Å². The third-order valence-electron chi connectivity index (χ3n) is 6.25. The molecule has 3 aromatic rings. The first-order chi connectivity index (χ1) is 16.3. The number of nitrogens with zero attached hydrogens (tertiary/aromatic N) is 2. The molecule has 1 amide bonds. The molecular formula is C28H28N2O4. The van der Waals surface area contributed by atoms with Crippen molar-refractivity contribution < 1.29 is 19.1 Å². The number of carbonyl (C=O) groups excluding carboxylic acids is 2. The Labute approximate surface area is 199 Å². The Bertz CT molecular complexity index is 1340. The van der Waals surface area contributed by atoms with E-state index in [0.717, 1.165) is 28.2 Å². The van der Waals surface area contributed by atoms with E-state index in [9.17, 15) is 9.59 Å². The number of allylic oxidation sites excluding steroid dienone is 1. The van der Waals surface area contributed by atoms with E-state index in [1.807, 2.05) is 32.0 Å². The fraction of sp³-hybridized carbons (Fsp3) is 0.214. The van der Waals surface area contributed by atoms with Gasteiger partial charge in [0.2, 0.25) is 0 Å². The lowest BCUT2D eigenvalue weighted by Crippen LogP contribution is -2.24. The second kappa shape index (κ2) is 9.06. The molecule has 34 heavy (non-hydrogen) atoms. The number of rotatable bonds is 5. The number of carbonyl (C=O) groups is 2. The molecule has 0 bridgehead atoms. The van der Waals surface area contributed by atoms with Crippen molar-refractivity contribution in [2.45, 2.75) is 27.7 Å². The number of amides is 1. The van der Waals surface area contributed by atoms with Gasteiger partial charge in [0.15, 0.2) is 0 Å². The number of benzene rings is 2. The maximum Gasteiger partial charge on any atom is 0.340 e. The van der Waals surface area contributed by atoms with Crippen molar-refractivity contribution in [1.29, 1.82) is 0 Å². The second-order valence-electron chi connectivity index (χ2n) is 8.30. The van der Waals surface area contributed by atoms with Crippen LogP contribution in [-0.4, -0.2) is 30.7 Å². The minimum Gasteiger partial charge on any atom is -0.497 e. The molecule has 2 aromatic carbocycles. The van der Waals surface area contributed by atoms with E-state index in [4.69, 9.17) is 9.47 Å². The first-order valence-corrected chi connectivity index (χ1v) is 11.0. The van der Waals surface area contributed by atoms with Crippen LogP contribution in [0.4, 0.5) is 5.69 Å². The predicted molar refractivity (Wildman–Crippen MR) is 133 cm³/mol. The zero-order valence-corrected chi connectivity index (χ0v) is 20.3. The summed E-state index contributed by atoms with van der Waals surface area (Å²) in [6.45, 7) is 7.87. The van der Waals surface area contributed by atoms with Crippen LogP contribution in [0.3, 0.4) is 0 Å². The predicted octanol–water partition coefficient (Wildman–Crippen LogP) is 5.29. The number of ether oxygens (including phenoxy) is 2. The normalized spacial score (nSPS) is 14.8. The zero-order chi connectivity index (χ0) is 24.6. The standard InChI is InChI=1S/C28H28N2O4/c1-17-9-7-8-10-25(17)29-18(2)15-21(19(29)3)16-24-26(28(32)34-6)20(4)30(27(24)31)22-11-13-23(33-5)14-12-22/h7-16H,1-6H3/b24-16-. The molecule has 174 valence electrons. The molecule has 6 heteroatoms. The summed E-state index contributed by atoms with van der Waals surface area (Å²) in [6, 6.07) is 17.3. The summed E-state index contributed by atoms with van der Waals surface area (Å²) in [7, 11) is 2.91. The van der Waals surface area contributed by atoms with Crippen molar-refractivity contribution in [3.8, 4) is 11.4 Å². The molecule has 2 heterocycles. The highest BCUT2D eigenvalue weighted by Gasteiger charge is 2.38. The third kappa shape index (κ3) is 3.81. The van der Waals surface area contributed by atoms with Crippen LogP contribution in [-0.2, 0) is 14.3 Å². The van der Waals surface area contributed by atoms with Gasteiger partial charge in [-0.3, -0.25) is 9.69 Å². The topological polar surface area (TPSA) is 60.8 Å². The Morgan fingerprint density at radius 1 is 0.941 bits per heavy atom. The molecule has 0 unspecified atom stereocenters. The van der Waals surface area contributed by atoms with Gasteiger partial charge in [-0.1, -0.05) is 18.2 Å². The zero-order valence-electron chi connectivity index (χ0n) is 20.3. The van der Waals surface area contributed by atoms with Crippen molar-refractivity contribution in [3.63, 3.8) is 0 Å². The average Bonchev–Trinajstić information content (AvgIpc) is 3.25. The summed E-state index contributed by atoms with van der Waals surface area (Å²) in [5.74, 6) is -0.130. The molecule has 0 aliphatic carbocycles. The molecule has 1 aromatic heterocycles. The van der Waals surface area contributed by atoms with Crippen LogP contribution in [0.2, 0.25) is 0 Å². The van der Waals surface area contributed by atoms with Gasteiger partial charge in [0, 0.05) is 28.5 Å². The van der Waals surface area contributed by atoms with E-state index in [1.54, 1.807) is 44.4 Å². The van der Waals surface area contributed by atoms with Crippen LogP contribution in [0, 0.1) is 20.8 Å². The lowest BCUT2D eigenvalue weighted by Gasteiger charge is -2.18. The molecule has 0 saturated heterocycles. The van der Waals surface area contributed by atoms with Crippen molar-refractivity contribution >= 4 is 23.6 Å². The summed E-state index contributed by atoms with van der Waals surface area (Å²) in [5, 5.41) is 0. The third-order valence-corrected chi connectivity index (χ3v) is 6.25. The molecule has 0 saturated carbocycles. The number of aryl methyl sites for hydroxylation is 2. The summed E-state index contributed by atoms with van der Waals surface area (Å²) in [6.07, 6.45) is 1.79. The van der Waals surface area contributed by atoms with Gasteiger partial charge in [0.25, 0.3) is 5.91 Å². The van der Waals surface area contributed by atoms with Crippen LogP contribution in [0.1, 0.15) is 29.4 Å². The van der Waals surface area contributed by atoms with Crippen molar-refractivity contribution in [3.05, 3.63) is 94.0 Å². The van der Waals surface area contributed by atoms with E-state index in [0.29, 0.717) is 22.7 Å². The smallest absolute Gasteiger partial charge is 0.340 e. The van der Waals surface area contributed by atoms with Gasteiger partial charge in [-0.15, -0.1) is 0 Å². The molecule has 6 nitrogen and oxygen atoms in total. The Kier molecular flexibility index (Phi) is 6.16. The largest absolute Gasteiger partial charge is 0.497 e. The lowest BCUT2D eigenvalue weighted by molar-refractivity contribution is -0.136. The van der Waals surface area contributed by atoms with E-state index >= 15 is 0 Å². The summed E-state index contributed by atoms with van der Waals surface area (Å²) in [5.41, 5.74) is 6.88. The molecule has 0 atom stereocenters. The number of para-hydroxylation sites is 1. The minimum absolute atomic E-state index is 0.268. The van der Waals surface area contributed by atoms with Gasteiger partial charge < -0.3 is 14.0 Å². The number of hydrogen-bond donors (Lipinski definition) is 0. The van der Waals surface area contributed by atoms with Gasteiger partial charge in [0.1, 0.15) is 5.75 Å². The van der Waals surface area contributed by atoms with Gasteiger partial charge in [-0.05, 0) is 81.3 Å². The van der Waals surface area contributed by atoms with Crippen LogP contribution < -0.4 is 9.64 Å². The van der Waals surface area contributed by atoms with Crippen LogP contribution in [0.5, 0.6) is 5.75 Å². The second-order valence-corrected chi connectivity index (χ2v) is 8.30. The monoisotopic (exact) mass is 456 g/mol. The maximum absolute atomic E-state index is 13.6. The molecule has 0 radical (unpaired) electrons. The first kappa shape index (κ1) is 23.1. The molecule has 1 aliphatic heterocycles. The quantitative estimate of drug-likeness (QED) is 0.387. The van der Waals surface area contributed by atoms with Crippen molar-refractivity contribution in [2.75, 3.05) is 19.1 Å². The highest BCUT2D eigenvalue weighted by molar-refractivity contribution is 6.23. The summed E-state index contributed by atoms with van der Waals surface area (Å²) in [4.78, 5) is 27.9. The fourth-order valence-corrected chi connectivity index (χ4v) is 4.50. The molecule has 0 fully saturated rings. The number of aromatic nitrogens is 1. The summed E-state index contributed by atoms with van der Waals surface area (Å²) < 4.78 is 12.4. The number of methoxy groups -OCH3 is 2. The van der Waals surface area contributed by atoms with Crippen LogP contribution in [0.25, 0.3) is 11.8 Å². The van der Waals surface area contributed by atoms with Crippen molar-refractivity contribution in [1.82, 2.24) is 4.57 Å². The van der Waals surface area contributed by atoms with Crippen LogP contribution >= 0.6 is 0 Å².